The Hall–Kier alpha value is -1.03. The van der Waals surface area contributed by atoms with E-state index in [1.807, 2.05) is 13.2 Å². The Morgan fingerprint density at radius 2 is 2.14 bits per heavy atom. The Bertz CT molecular complexity index is 299. The minimum Gasteiger partial charge on any atom is -0.396 e. The van der Waals surface area contributed by atoms with Crippen LogP contribution in [0.2, 0.25) is 0 Å². The average molecular weight is 194 g/mol. The molecule has 0 bridgehead atoms. The number of hydrogen-bond acceptors (Lipinski definition) is 3. The molecule has 2 N–H and O–H groups in total. The lowest BCUT2D eigenvalue weighted by Crippen LogP contribution is -2.22. The first-order valence-corrected chi connectivity index (χ1v) is 5.26. The molecule has 1 aliphatic rings. The molecule has 78 valence electrons. The average Bonchev–Trinajstić information content (AvgIpc) is 2.72. The maximum atomic E-state index is 5.82. The molecule has 0 aromatic carbocycles. The molecule has 0 aliphatic carbocycles. The van der Waals surface area contributed by atoms with Crippen LogP contribution in [-0.2, 0) is 13.5 Å². The summed E-state index contributed by atoms with van der Waals surface area (Å²) in [6.07, 6.45) is 5.54. The molecule has 4 nitrogen and oxygen atoms in total. The third-order valence-electron chi connectivity index (χ3n) is 2.80. The highest BCUT2D eigenvalue weighted by Gasteiger charge is 2.12. The first-order chi connectivity index (χ1) is 6.75. The van der Waals surface area contributed by atoms with E-state index >= 15 is 0 Å². The Balaban J connectivity index is 1.87. The van der Waals surface area contributed by atoms with E-state index in [1.165, 1.54) is 25.9 Å². The zero-order chi connectivity index (χ0) is 9.97. The standard InChI is InChI=1S/C10H18N4/c1-13-8-9(11)10(12-13)4-7-14-5-2-3-6-14/h8H,2-7,11H2,1H3. The molecule has 0 spiro atoms. The van der Waals surface area contributed by atoms with Crippen molar-refractivity contribution in [2.75, 3.05) is 25.4 Å². The molecule has 0 atom stereocenters. The predicted molar refractivity (Wildman–Crippen MR) is 57.0 cm³/mol. The van der Waals surface area contributed by atoms with Gasteiger partial charge in [-0.2, -0.15) is 5.10 Å². The van der Waals surface area contributed by atoms with Gasteiger partial charge in [0.25, 0.3) is 0 Å². The Kier molecular flexibility index (Phi) is 2.72. The van der Waals surface area contributed by atoms with Crippen molar-refractivity contribution < 1.29 is 0 Å². The molecule has 14 heavy (non-hydrogen) atoms. The van der Waals surface area contributed by atoms with Crippen LogP contribution in [0.25, 0.3) is 0 Å². The van der Waals surface area contributed by atoms with Crippen molar-refractivity contribution in [3.05, 3.63) is 11.9 Å². The molecule has 4 heteroatoms. The highest BCUT2D eigenvalue weighted by molar-refractivity contribution is 5.40. The maximum Gasteiger partial charge on any atom is 0.0866 e. The van der Waals surface area contributed by atoms with Gasteiger partial charge in [-0.3, -0.25) is 4.68 Å². The number of likely N-dealkylation sites (tertiary alicyclic amines) is 1. The van der Waals surface area contributed by atoms with Crippen LogP contribution in [0.3, 0.4) is 0 Å². The van der Waals surface area contributed by atoms with Gasteiger partial charge in [0.2, 0.25) is 0 Å². The fraction of sp³-hybridized carbons (Fsp3) is 0.700. The van der Waals surface area contributed by atoms with Gasteiger partial charge in [-0.1, -0.05) is 0 Å². The lowest BCUT2D eigenvalue weighted by Gasteiger charge is -2.12. The summed E-state index contributed by atoms with van der Waals surface area (Å²) in [6, 6.07) is 0. The molecule has 0 saturated carbocycles. The van der Waals surface area contributed by atoms with Crippen molar-refractivity contribution in [3.63, 3.8) is 0 Å². The fourth-order valence-corrected chi connectivity index (χ4v) is 2.02. The van der Waals surface area contributed by atoms with E-state index in [-0.39, 0.29) is 0 Å². The summed E-state index contributed by atoms with van der Waals surface area (Å²) in [4.78, 5) is 2.48. The van der Waals surface area contributed by atoms with Gasteiger partial charge in [0.15, 0.2) is 0 Å². The van der Waals surface area contributed by atoms with Crippen LogP contribution in [0.5, 0.6) is 0 Å². The number of nitrogens with zero attached hydrogens (tertiary/aromatic N) is 3. The summed E-state index contributed by atoms with van der Waals surface area (Å²) in [5, 5.41) is 4.34. The molecule has 1 aliphatic heterocycles. The van der Waals surface area contributed by atoms with Gasteiger partial charge < -0.3 is 10.6 Å². The van der Waals surface area contributed by atoms with Gasteiger partial charge in [0, 0.05) is 26.2 Å². The summed E-state index contributed by atoms with van der Waals surface area (Å²) in [5.41, 5.74) is 7.69. The number of hydrogen-bond donors (Lipinski definition) is 1. The Morgan fingerprint density at radius 1 is 1.43 bits per heavy atom. The molecule has 1 fully saturated rings. The lowest BCUT2D eigenvalue weighted by molar-refractivity contribution is 0.342. The molecule has 0 amide bonds. The zero-order valence-electron chi connectivity index (χ0n) is 8.74. The predicted octanol–water partition coefficient (Wildman–Crippen LogP) is 0.641. The van der Waals surface area contributed by atoms with E-state index in [4.69, 9.17) is 5.73 Å². The monoisotopic (exact) mass is 194 g/mol. The van der Waals surface area contributed by atoms with Crippen molar-refractivity contribution in [2.24, 2.45) is 7.05 Å². The number of anilines is 1. The second kappa shape index (κ2) is 4.00. The first kappa shape index (κ1) is 9.52. The number of rotatable bonds is 3. The topological polar surface area (TPSA) is 47.1 Å². The van der Waals surface area contributed by atoms with Crippen LogP contribution in [0, 0.1) is 0 Å². The quantitative estimate of drug-likeness (QED) is 0.768. The van der Waals surface area contributed by atoms with Crippen LogP contribution in [0.15, 0.2) is 6.20 Å². The molecule has 2 rings (SSSR count). The van der Waals surface area contributed by atoms with Crippen molar-refractivity contribution in [3.8, 4) is 0 Å². The third kappa shape index (κ3) is 2.07. The molecule has 1 aromatic rings. The smallest absolute Gasteiger partial charge is 0.0866 e. The summed E-state index contributed by atoms with van der Waals surface area (Å²) >= 11 is 0. The maximum absolute atomic E-state index is 5.82. The summed E-state index contributed by atoms with van der Waals surface area (Å²) in [7, 11) is 1.91. The van der Waals surface area contributed by atoms with Gasteiger partial charge >= 0.3 is 0 Å². The molecule has 1 aromatic heterocycles. The molecule has 0 radical (unpaired) electrons. The fourth-order valence-electron chi connectivity index (χ4n) is 2.02. The normalized spacial score (nSPS) is 17.8. The van der Waals surface area contributed by atoms with E-state index in [1.54, 1.807) is 4.68 Å². The van der Waals surface area contributed by atoms with E-state index in [2.05, 4.69) is 10.00 Å². The SMILES string of the molecule is Cn1cc(N)c(CCN2CCCC2)n1. The molecule has 2 heterocycles. The Morgan fingerprint density at radius 3 is 2.71 bits per heavy atom. The van der Waals surface area contributed by atoms with Crippen LogP contribution in [0.1, 0.15) is 18.5 Å². The first-order valence-electron chi connectivity index (χ1n) is 5.26. The third-order valence-corrected chi connectivity index (χ3v) is 2.80. The Labute approximate surface area is 84.7 Å². The molecular formula is C10H18N4. The second-order valence-electron chi connectivity index (χ2n) is 4.00. The number of aryl methyl sites for hydroxylation is 1. The van der Waals surface area contributed by atoms with Crippen molar-refractivity contribution in [1.29, 1.82) is 0 Å². The van der Waals surface area contributed by atoms with E-state index in [0.29, 0.717) is 0 Å². The zero-order valence-corrected chi connectivity index (χ0v) is 8.74. The van der Waals surface area contributed by atoms with E-state index in [9.17, 15) is 0 Å². The van der Waals surface area contributed by atoms with Gasteiger partial charge in [-0.15, -0.1) is 0 Å². The second-order valence-corrected chi connectivity index (χ2v) is 4.00. The van der Waals surface area contributed by atoms with Crippen LogP contribution in [-0.4, -0.2) is 34.3 Å². The summed E-state index contributed by atoms with van der Waals surface area (Å²) < 4.78 is 1.79. The van der Waals surface area contributed by atoms with Crippen molar-refractivity contribution in [2.45, 2.75) is 19.3 Å². The largest absolute Gasteiger partial charge is 0.396 e. The van der Waals surface area contributed by atoms with Crippen LogP contribution >= 0.6 is 0 Å². The number of nitrogens with two attached hydrogens (primary N) is 1. The highest BCUT2D eigenvalue weighted by atomic mass is 15.3. The van der Waals surface area contributed by atoms with Gasteiger partial charge in [0.05, 0.1) is 11.4 Å². The van der Waals surface area contributed by atoms with E-state index < -0.39 is 0 Å². The summed E-state index contributed by atoms with van der Waals surface area (Å²) in [5.74, 6) is 0. The minimum atomic E-state index is 0.826. The highest BCUT2D eigenvalue weighted by Crippen LogP contribution is 2.12. The minimum absolute atomic E-state index is 0.826. The van der Waals surface area contributed by atoms with Gasteiger partial charge in [0.1, 0.15) is 0 Å². The molecule has 0 unspecified atom stereocenters. The van der Waals surface area contributed by atoms with Gasteiger partial charge in [-0.25, -0.2) is 0 Å². The van der Waals surface area contributed by atoms with Crippen LogP contribution < -0.4 is 5.73 Å². The molecular weight excluding hydrogens is 176 g/mol. The molecule has 1 saturated heterocycles. The summed E-state index contributed by atoms with van der Waals surface area (Å²) in [6.45, 7) is 3.58. The van der Waals surface area contributed by atoms with E-state index in [0.717, 1.165) is 24.3 Å². The van der Waals surface area contributed by atoms with Gasteiger partial charge in [-0.05, 0) is 25.9 Å². The lowest BCUT2D eigenvalue weighted by atomic mass is 10.2. The van der Waals surface area contributed by atoms with Crippen LogP contribution in [0.4, 0.5) is 5.69 Å². The number of aromatic nitrogens is 2. The van der Waals surface area contributed by atoms with Crippen molar-refractivity contribution in [1.82, 2.24) is 14.7 Å². The van der Waals surface area contributed by atoms with Crippen molar-refractivity contribution >= 4 is 5.69 Å². The number of nitrogen functional groups attached to an aromatic ring is 1.